The van der Waals surface area contributed by atoms with E-state index < -0.39 is 44.1 Å². The molecule has 2 N–H and O–H groups in total. The maximum absolute atomic E-state index is 13.0. The number of carbonyl (C=O) groups is 1. The maximum Gasteiger partial charge on any atom is 0.352 e. The van der Waals surface area contributed by atoms with E-state index in [-0.39, 0.29) is 24.5 Å². The number of carboxylic acids is 1. The third-order valence-electron chi connectivity index (χ3n) is 6.39. The van der Waals surface area contributed by atoms with Crippen molar-refractivity contribution in [3.63, 3.8) is 0 Å². The Hall–Kier alpha value is -5.34. The molecule has 4 bridgehead atoms. The molecule has 2 aliphatic rings. The molecule has 0 unspecified atom stereocenters. The van der Waals surface area contributed by atoms with Crippen molar-refractivity contribution in [2.45, 2.75) is 11.0 Å². The van der Waals surface area contributed by atoms with Gasteiger partial charge >= 0.3 is 5.97 Å². The number of allylic oxidation sites excluding steroid dienone is 2. The lowest BCUT2D eigenvalue weighted by atomic mass is 10.1. The van der Waals surface area contributed by atoms with E-state index in [0.717, 1.165) is 34.9 Å². The van der Waals surface area contributed by atoms with Gasteiger partial charge in [-0.3, -0.25) is 10.1 Å². The van der Waals surface area contributed by atoms with Crippen LogP contribution in [0.3, 0.4) is 0 Å². The van der Waals surface area contributed by atoms with Gasteiger partial charge in [0, 0.05) is 23.8 Å². The van der Waals surface area contributed by atoms with Crippen LogP contribution in [0.5, 0.6) is 5.88 Å². The predicted molar refractivity (Wildman–Crippen MR) is 158 cm³/mol. The first-order valence-electron chi connectivity index (χ1n) is 12.9. The van der Waals surface area contributed by atoms with Gasteiger partial charge in [0.15, 0.2) is 11.3 Å². The van der Waals surface area contributed by atoms with Crippen LogP contribution in [0, 0.1) is 10.1 Å². The molecule has 2 aliphatic heterocycles. The van der Waals surface area contributed by atoms with Crippen LogP contribution in [-0.2, 0) is 19.6 Å². The Kier molecular flexibility index (Phi) is 8.59. The predicted octanol–water partition coefficient (Wildman–Crippen LogP) is 3.62. The third-order valence-corrected chi connectivity index (χ3v) is 7.84. The summed E-state index contributed by atoms with van der Waals surface area (Å²) >= 11 is 0. The lowest BCUT2D eigenvalue weighted by Gasteiger charge is -2.19. The normalized spacial score (nSPS) is 20.5. The Morgan fingerprint density at radius 3 is 2.84 bits per heavy atom. The average molecular weight is 604 g/mol. The molecular weight excluding hydrogens is 578 g/mol. The summed E-state index contributed by atoms with van der Waals surface area (Å²) in [6.07, 6.45) is 12.0. The molecule has 0 aliphatic carbocycles. The lowest BCUT2D eigenvalue weighted by molar-refractivity contribution is -0.387. The van der Waals surface area contributed by atoms with Crippen molar-refractivity contribution in [1.29, 1.82) is 0 Å². The van der Waals surface area contributed by atoms with Crippen molar-refractivity contribution in [2.24, 2.45) is 4.99 Å². The number of pyridine rings is 1. The van der Waals surface area contributed by atoms with Gasteiger partial charge in [-0.2, -0.15) is 0 Å². The van der Waals surface area contributed by atoms with Gasteiger partial charge < -0.3 is 19.5 Å². The number of benzene rings is 2. The van der Waals surface area contributed by atoms with E-state index in [2.05, 4.69) is 14.7 Å². The molecule has 0 saturated heterocycles. The second-order valence-corrected chi connectivity index (χ2v) is 11.0. The van der Waals surface area contributed by atoms with Gasteiger partial charge in [0.2, 0.25) is 15.9 Å². The zero-order valence-electron chi connectivity index (χ0n) is 22.4. The van der Waals surface area contributed by atoms with Gasteiger partial charge in [-0.15, -0.1) is 0 Å². The second-order valence-electron chi connectivity index (χ2n) is 9.29. The van der Waals surface area contributed by atoms with E-state index in [1.54, 1.807) is 18.3 Å². The molecule has 0 spiro atoms. The second kappa shape index (κ2) is 12.7. The molecule has 5 rings (SSSR count). The highest BCUT2D eigenvalue weighted by molar-refractivity contribution is 7.89. The topological polar surface area (TPSA) is 174 Å². The number of hydrogen-bond donors (Lipinski definition) is 2. The Morgan fingerprint density at radius 1 is 1.19 bits per heavy atom. The molecule has 14 heteroatoms. The monoisotopic (exact) mass is 603 g/mol. The summed E-state index contributed by atoms with van der Waals surface area (Å²) in [5, 5.41) is 22.9. The molecule has 43 heavy (non-hydrogen) atoms. The SMILES string of the molecule is O=C(O)C1=C[C@@H]2CN1/C=C(CNS(=O)(=O)c1ccccc1[N+](=O)[O-])\N=C/OC/C=C\C=C\c1ccc3ccnc(c3c1)O2. The van der Waals surface area contributed by atoms with Crippen molar-refractivity contribution in [1.82, 2.24) is 14.6 Å². The average Bonchev–Trinajstić information content (AvgIpc) is 3.39. The van der Waals surface area contributed by atoms with Gasteiger partial charge in [0.1, 0.15) is 18.4 Å². The molecule has 0 saturated carbocycles. The minimum Gasteiger partial charge on any atom is -0.479 e. The molecule has 13 nitrogen and oxygen atoms in total. The number of rotatable bonds is 6. The fraction of sp³-hybridized carbons (Fsp3) is 0.138. The summed E-state index contributed by atoms with van der Waals surface area (Å²) in [6, 6.07) is 12.6. The minimum atomic E-state index is -4.35. The number of para-hydroxylation sites is 1. The molecule has 220 valence electrons. The number of fused-ring (bicyclic) bond motifs is 3. The van der Waals surface area contributed by atoms with Crippen molar-refractivity contribution < 1.29 is 32.7 Å². The quantitative estimate of drug-likeness (QED) is 0.313. The van der Waals surface area contributed by atoms with Crippen LogP contribution < -0.4 is 9.46 Å². The molecule has 0 amide bonds. The van der Waals surface area contributed by atoms with Crippen molar-refractivity contribution in [3.05, 3.63) is 112 Å². The number of sulfonamides is 1. The van der Waals surface area contributed by atoms with Crippen LogP contribution in [0.4, 0.5) is 5.69 Å². The van der Waals surface area contributed by atoms with Gasteiger partial charge in [0.25, 0.3) is 5.69 Å². The summed E-state index contributed by atoms with van der Waals surface area (Å²) < 4.78 is 39.8. The smallest absolute Gasteiger partial charge is 0.352 e. The summed E-state index contributed by atoms with van der Waals surface area (Å²) in [4.78, 5) is 32.1. The fourth-order valence-corrected chi connectivity index (χ4v) is 5.56. The maximum atomic E-state index is 13.0. The molecule has 2 aromatic carbocycles. The van der Waals surface area contributed by atoms with E-state index in [0.29, 0.717) is 5.88 Å². The molecule has 0 radical (unpaired) electrons. The molecular formula is C29H25N5O8S. The Labute approximate surface area is 246 Å². The summed E-state index contributed by atoms with van der Waals surface area (Å²) in [5.74, 6) is -0.915. The highest BCUT2D eigenvalue weighted by Crippen LogP contribution is 2.29. The number of aliphatic imine (C=N–C) groups is 1. The number of nitrogens with one attached hydrogen (secondary N) is 1. The Balaban J connectivity index is 1.47. The number of nitro benzene ring substituents is 1. The minimum absolute atomic E-state index is 0.0544. The third kappa shape index (κ3) is 6.94. The van der Waals surface area contributed by atoms with Crippen molar-refractivity contribution >= 4 is 44.9 Å². The molecule has 1 aromatic heterocycles. The number of nitrogens with zero attached hydrogens (tertiary/aromatic N) is 4. The van der Waals surface area contributed by atoms with E-state index in [9.17, 15) is 28.4 Å². The highest BCUT2D eigenvalue weighted by Gasteiger charge is 2.30. The van der Waals surface area contributed by atoms with Gasteiger partial charge in [-0.05, 0) is 41.3 Å². The number of carboxylic acid groups (broad SMARTS) is 1. The zero-order valence-corrected chi connectivity index (χ0v) is 23.3. The fourth-order valence-electron chi connectivity index (χ4n) is 4.40. The first kappa shape index (κ1) is 29.2. The van der Waals surface area contributed by atoms with Crippen LogP contribution in [0.15, 0.2) is 107 Å². The summed E-state index contributed by atoms with van der Waals surface area (Å²) in [7, 11) is -4.35. The number of aliphatic carboxylic acids is 1. The standard InChI is InChI=1S/C29H25N5O8S/c35-29(36)26-15-23-18-33(26)17-22(16-32-43(39,40)27-8-4-3-7-25(27)34(37)38)31-19-41-13-5-1-2-6-20-9-10-21-11-12-30-28(42-23)24(21)14-20/h1-12,14-15,17,19,23,32H,13,16,18H2,(H,35,36)/b5-1-,6-2+,22-17-,31-19-/t23-/m1/s1. The van der Waals surface area contributed by atoms with Crippen molar-refractivity contribution in [3.8, 4) is 5.88 Å². The lowest BCUT2D eigenvalue weighted by Crippen LogP contribution is -2.29. The molecule has 1 atom stereocenters. The van der Waals surface area contributed by atoms with Crippen molar-refractivity contribution in [2.75, 3.05) is 19.7 Å². The first-order chi connectivity index (χ1) is 20.7. The number of nitro groups is 1. The zero-order chi connectivity index (χ0) is 30.4. The van der Waals surface area contributed by atoms with E-state index in [1.807, 2.05) is 36.4 Å². The number of aromatic nitrogens is 1. The van der Waals surface area contributed by atoms with Crippen LogP contribution in [-0.4, -0.2) is 66.5 Å². The van der Waals surface area contributed by atoms with Crippen LogP contribution in [0.25, 0.3) is 16.8 Å². The van der Waals surface area contributed by atoms with Crippen LogP contribution >= 0.6 is 0 Å². The molecule has 3 heterocycles. The summed E-state index contributed by atoms with van der Waals surface area (Å²) in [6.45, 7) is -0.233. The Bertz CT molecular complexity index is 1830. The van der Waals surface area contributed by atoms with E-state index in [1.165, 1.54) is 29.3 Å². The molecule has 0 fully saturated rings. The largest absolute Gasteiger partial charge is 0.479 e. The van der Waals surface area contributed by atoms with Crippen LogP contribution in [0.2, 0.25) is 0 Å². The number of hydrogen-bond acceptors (Lipinski definition) is 10. The van der Waals surface area contributed by atoms with Gasteiger partial charge in [-0.1, -0.05) is 42.5 Å². The summed E-state index contributed by atoms with van der Waals surface area (Å²) in [5.41, 5.74) is 0.258. The van der Waals surface area contributed by atoms with Crippen LogP contribution in [0.1, 0.15) is 5.56 Å². The first-order valence-corrected chi connectivity index (χ1v) is 14.4. The van der Waals surface area contributed by atoms with Gasteiger partial charge in [0.05, 0.1) is 23.7 Å². The Morgan fingerprint density at radius 2 is 2.02 bits per heavy atom. The van der Waals surface area contributed by atoms with E-state index in [4.69, 9.17) is 9.47 Å². The van der Waals surface area contributed by atoms with E-state index >= 15 is 0 Å². The highest BCUT2D eigenvalue weighted by atomic mass is 32.2. The van der Waals surface area contributed by atoms with Gasteiger partial charge in [-0.25, -0.2) is 27.9 Å². The molecule has 3 aromatic rings. The number of ether oxygens (including phenoxy) is 2.